The second-order valence-corrected chi connectivity index (χ2v) is 10.9. The molecule has 1 N–H and O–H groups in total. The lowest BCUT2D eigenvalue weighted by molar-refractivity contribution is 0.0951. The van der Waals surface area contributed by atoms with Crippen LogP contribution in [0, 0.1) is 0 Å². The number of carbonyl (C=O) groups excluding carboxylic acids is 1. The summed E-state index contributed by atoms with van der Waals surface area (Å²) in [6.07, 6.45) is 6.08. The van der Waals surface area contributed by atoms with Crippen LogP contribution in [0.3, 0.4) is 0 Å². The molecular weight excluding hydrogens is 500 g/mol. The fourth-order valence-electron chi connectivity index (χ4n) is 5.14. The van der Waals surface area contributed by atoms with Crippen molar-refractivity contribution in [2.24, 2.45) is 4.99 Å². The minimum absolute atomic E-state index is 0.0520. The fourth-order valence-corrected chi connectivity index (χ4v) is 6.37. The highest BCUT2D eigenvalue weighted by Crippen LogP contribution is 2.40. The van der Waals surface area contributed by atoms with E-state index < -0.39 is 0 Å². The van der Waals surface area contributed by atoms with Crippen molar-refractivity contribution in [3.63, 3.8) is 0 Å². The lowest BCUT2D eigenvalue weighted by Crippen LogP contribution is -2.24. The van der Waals surface area contributed by atoms with Crippen molar-refractivity contribution >= 4 is 39.2 Å². The molecule has 6 rings (SSSR count). The number of benzene rings is 4. The number of amides is 1. The predicted octanol–water partition coefficient (Wildman–Crippen LogP) is 8.04. The van der Waals surface area contributed by atoms with E-state index in [0.717, 1.165) is 69.5 Å². The number of thiophene rings is 1. The molecule has 4 nitrogen and oxygen atoms in total. The van der Waals surface area contributed by atoms with Crippen LogP contribution in [0.5, 0.6) is 5.75 Å². The van der Waals surface area contributed by atoms with E-state index in [1.54, 1.807) is 11.3 Å². The van der Waals surface area contributed by atoms with Gasteiger partial charge in [0.1, 0.15) is 17.4 Å². The minimum Gasteiger partial charge on any atom is -0.488 e. The summed E-state index contributed by atoms with van der Waals surface area (Å²) in [6, 6.07) is 32.5. The summed E-state index contributed by atoms with van der Waals surface area (Å²) >= 11 is 1.65. The lowest BCUT2D eigenvalue weighted by atomic mass is 9.95. The van der Waals surface area contributed by atoms with E-state index in [4.69, 9.17) is 9.73 Å². The van der Waals surface area contributed by atoms with Crippen molar-refractivity contribution in [1.82, 2.24) is 5.32 Å². The molecule has 1 aromatic heterocycles. The van der Waals surface area contributed by atoms with Crippen molar-refractivity contribution in [2.45, 2.75) is 38.8 Å². The van der Waals surface area contributed by atoms with Gasteiger partial charge in [0.2, 0.25) is 0 Å². The predicted molar refractivity (Wildman–Crippen MR) is 161 cm³/mol. The quantitative estimate of drug-likeness (QED) is 0.206. The average Bonchev–Trinajstić information content (AvgIpc) is 3.37. The number of rotatable bonds is 8. The number of nitrogens with one attached hydrogen (secondary N) is 1. The van der Waals surface area contributed by atoms with Gasteiger partial charge in [-0.2, -0.15) is 0 Å². The molecule has 0 radical (unpaired) electrons. The van der Waals surface area contributed by atoms with Gasteiger partial charge in [0.25, 0.3) is 5.91 Å². The van der Waals surface area contributed by atoms with E-state index in [-0.39, 0.29) is 5.91 Å². The number of nitrogens with zero attached hydrogens (tertiary/aromatic N) is 1. The molecule has 1 heterocycles. The van der Waals surface area contributed by atoms with Gasteiger partial charge in [0, 0.05) is 23.2 Å². The Morgan fingerprint density at radius 2 is 1.56 bits per heavy atom. The number of aliphatic imine (C=N–C) groups is 1. The summed E-state index contributed by atoms with van der Waals surface area (Å²) in [7, 11) is 0. The first kappa shape index (κ1) is 25.1. The second kappa shape index (κ2) is 11.7. The van der Waals surface area contributed by atoms with Gasteiger partial charge in [-0.15, -0.1) is 11.3 Å². The fraction of sp³-hybridized carbons (Fsp3) is 0.176. The molecule has 0 saturated heterocycles. The SMILES string of the molecule is O=C(NCc1ccccc1)c1c(/N=C\c2c(OCc3ccccc3)ccc3ccccc23)sc2c1CCCC2. The maximum Gasteiger partial charge on any atom is 0.254 e. The van der Waals surface area contributed by atoms with Gasteiger partial charge in [0.05, 0.1) is 5.56 Å². The first-order chi connectivity index (χ1) is 19.3. The number of aryl methyl sites for hydroxylation is 1. The van der Waals surface area contributed by atoms with E-state index in [1.165, 1.54) is 10.4 Å². The second-order valence-electron chi connectivity index (χ2n) is 9.79. The van der Waals surface area contributed by atoms with Crippen molar-refractivity contribution < 1.29 is 9.53 Å². The van der Waals surface area contributed by atoms with Crippen molar-refractivity contribution in [1.29, 1.82) is 0 Å². The van der Waals surface area contributed by atoms with Gasteiger partial charge < -0.3 is 10.1 Å². The average molecular weight is 531 g/mol. The first-order valence-electron chi connectivity index (χ1n) is 13.5. The van der Waals surface area contributed by atoms with Gasteiger partial charge in [-0.25, -0.2) is 4.99 Å². The first-order valence-corrected chi connectivity index (χ1v) is 14.3. The highest BCUT2D eigenvalue weighted by atomic mass is 32.1. The summed E-state index contributed by atoms with van der Waals surface area (Å²) in [4.78, 5) is 19.8. The van der Waals surface area contributed by atoms with E-state index in [0.29, 0.717) is 13.2 Å². The minimum atomic E-state index is -0.0520. The third-order valence-electron chi connectivity index (χ3n) is 7.15. The smallest absolute Gasteiger partial charge is 0.254 e. The molecule has 0 fully saturated rings. The molecule has 4 aromatic carbocycles. The molecule has 0 bridgehead atoms. The van der Waals surface area contributed by atoms with E-state index in [1.807, 2.05) is 72.9 Å². The van der Waals surface area contributed by atoms with Crippen LogP contribution in [-0.4, -0.2) is 12.1 Å². The van der Waals surface area contributed by atoms with Crippen molar-refractivity contribution in [3.8, 4) is 5.75 Å². The third-order valence-corrected chi connectivity index (χ3v) is 8.35. The van der Waals surface area contributed by atoms with Crippen LogP contribution >= 0.6 is 11.3 Å². The zero-order valence-electron chi connectivity index (χ0n) is 21.7. The molecule has 1 aliphatic rings. The maximum absolute atomic E-state index is 13.5. The molecule has 5 heteroatoms. The molecule has 194 valence electrons. The number of carbonyl (C=O) groups is 1. The Bertz CT molecular complexity index is 1620. The Balaban J connectivity index is 1.34. The highest BCUT2D eigenvalue weighted by molar-refractivity contribution is 7.16. The van der Waals surface area contributed by atoms with Crippen LogP contribution in [0.2, 0.25) is 0 Å². The van der Waals surface area contributed by atoms with Crippen LogP contribution in [0.25, 0.3) is 10.8 Å². The lowest BCUT2D eigenvalue weighted by Gasteiger charge is -2.13. The summed E-state index contributed by atoms with van der Waals surface area (Å²) in [5.41, 5.74) is 5.01. The van der Waals surface area contributed by atoms with Crippen LogP contribution in [0.15, 0.2) is 102 Å². The van der Waals surface area contributed by atoms with Crippen LogP contribution in [0.4, 0.5) is 5.00 Å². The zero-order chi connectivity index (χ0) is 26.4. The van der Waals surface area contributed by atoms with Gasteiger partial charge in [0.15, 0.2) is 0 Å². The maximum atomic E-state index is 13.5. The molecule has 0 saturated carbocycles. The summed E-state index contributed by atoms with van der Waals surface area (Å²) in [6.45, 7) is 0.967. The highest BCUT2D eigenvalue weighted by Gasteiger charge is 2.25. The number of fused-ring (bicyclic) bond motifs is 2. The third kappa shape index (κ3) is 5.64. The van der Waals surface area contributed by atoms with E-state index in [2.05, 4.69) is 35.6 Å². The number of hydrogen-bond acceptors (Lipinski definition) is 4. The van der Waals surface area contributed by atoms with Crippen LogP contribution < -0.4 is 10.1 Å². The van der Waals surface area contributed by atoms with Gasteiger partial charge >= 0.3 is 0 Å². The normalized spacial score (nSPS) is 12.9. The Hall–Kier alpha value is -4.22. The molecule has 5 aromatic rings. The standard InChI is InChI=1S/C34H30N2O2S/c37-33(35-21-24-11-3-1-4-12-24)32-28-17-9-10-18-31(28)39-34(32)36-22-29-27-16-8-7-15-26(27)19-20-30(29)38-23-25-13-5-2-6-14-25/h1-8,11-16,19-20,22H,9-10,17-18,21,23H2,(H,35,37)/b36-22-. The van der Waals surface area contributed by atoms with E-state index >= 15 is 0 Å². The van der Waals surface area contributed by atoms with E-state index in [9.17, 15) is 4.79 Å². The molecule has 0 spiro atoms. The molecule has 39 heavy (non-hydrogen) atoms. The van der Waals surface area contributed by atoms with Gasteiger partial charge in [-0.1, -0.05) is 91.0 Å². The molecule has 0 aliphatic heterocycles. The van der Waals surface area contributed by atoms with Gasteiger partial charge in [-0.05, 0) is 59.2 Å². The van der Waals surface area contributed by atoms with Gasteiger partial charge in [-0.3, -0.25) is 4.79 Å². The van der Waals surface area contributed by atoms with Crippen LogP contribution in [-0.2, 0) is 26.0 Å². The molecule has 1 amide bonds. The summed E-state index contributed by atoms with van der Waals surface area (Å²) in [5, 5.41) is 6.11. The molecular formula is C34H30N2O2S. The Morgan fingerprint density at radius 3 is 2.38 bits per heavy atom. The Morgan fingerprint density at radius 1 is 0.846 bits per heavy atom. The largest absolute Gasteiger partial charge is 0.488 e. The monoisotopic (exact) mass is 530 g/mol. The molecule has 0 unspecified atom stereocenters. The summed E-state index contributed by atoms with van der Waals surface area (Å²) < 4.78 is 6.30. The Labute approximate surface area is 233 Å². The topological polar surface area (TPSA) is 50.7 Å². The molecule has 1 aliphatic carbocycles. The van der Waals surface area contributed by atoms with Crippen LogP contribution in [0.1, 0.15) is 50.3 Å². The summed E-state index contributed by atoms with van der Waals surface area (Å²) in [5.74, 6) is 0.724. The zero-order valence-corrected chi connectivity index (χ0v) is 22.5. The van der Waals surface area contributed by atoms with Crippen molar-refractivity contribution in [2.75, 3.05) is 0 Å². The number of hydrogen-bond donors (Lipinski definition) is 1. The number of ether oxygens (including phenoxy) is 1. The van der Waals surface area contributed by atoms with Crippen molar-refractivity contribution in [3.05, 3.63) is 130 Å². The Kier molecular flexibility index (Phi) is 7.50. The molecule has 0 atom stereocenters.